The topological polar surface area (TPSA) is 66.8 Å². The van der Waals surface area contributed by atoms with Crippen LogP contribution in [0.4, 0.5) is 0 Å². The summed E-state index contributed by atoms with van der Waals surface area (Å²) in [4.78, 5) is 18.0. The van der Waals surface area contributed by atoms with E-state index in [1.165, 1.54) is 53.1 Å². The Balaban J connectivity index is 1.45. The molecule has 0 saturated carbocycles. The van der Waals surface area contributed by atoms with Crippen LogP contribution in [0.1, 0.15) is 61.6 Å². The Hall–Kier alpha value is -2.13. The Morgan fingerprint density at radius 2 is 1.27 bits per heavy atom. The summed E-state index contributed by atoms with van der Waals surface area (Å²) < 4.78 is 16.3. The van der Waals surface area contributed by atoms with Crippen molar-refractivity contribution in [3.8, 4) is 5.75 Å². The number of unbranched alkanes of at least 4 members (excludes halogenated alkanes) is 5. The second kappa shape index (κ2) is 12.9. The summed E-state index contributed by atoms with van der Waals surface area (Å²) in [5, 5.41) is 2.67. The maximum atomic E-state index is 11.0. The minimum absolute atomic E-state index is 0.00771. The first-order chi connectivity index (χ1) is 16.0. The van der Waals surface area contributed by atoms with Gasteiger partial charge in [-0.3, -0.25) is 4.57 Å². The predicted octanol–water partition coefficient (Wildman–Crippen LogP) is 7.08. The number of hydrogen-bond acceptors (Lipinski definition) is 2. The minimum atomic E-state index is -3.87. The lowest BCUT2D eigenvalue weighted by molar-refractivity contribution is 0.371. The van der Waals surface area contributed by atoms with E-state index in [0.717, 1.165) is 37.9 Å². The van der Waals surface area contributed by atoms with Gasteiger partial charge in [-0.05, 0) is 84.5 Å². The number of aryl methyl sites for hydroxylation is 3. The maximum Gasteiger partial charge on any atom is 0.325 e. The molecule has 0 saturated heterocycles. The van der Waals surface area contributed by atoms with Gasteiger partial charge < -0.3 is 14.5 Å². The van der Waals surface area contributed by atoms with Crippen LogP contribution in [-0.4, -0.2) is 23.1 Å². The van der Waals surface area contributed by atoms with E-state index >= 15 is 0 Å². The molecule has 0 aliphatic rings. The lowest BCUT2D eigenvalue weighted by Gasteiger charge is -2.12. The van der Waals surface area contributed by atoms with Crippen molar-refractivity contribution in [1.82, 2.24) is 0 Å². The zero-order chi connectivity index (χ0) is 23.5. The Labute approximate surface area is 198 Å². The molecule has 0 aliphatic carbocycles. The molecule has 5 heteroatoms. The lowest BCUT2D eigenvalue weighted by Crippen LogP contribution is -1.95. The highest BCUT2D eigenvalue weighted by atomic mass is 31.2. The molecule has 0 amide bonds. The number of hydrogen-bond donors (Lipinski definition) is 2. The Bertz CT molecular complexity index is 1060. The molecule has 0 spiro atoms. The van der Waals surface area contributed by atoms with Crippen molar-refractivity contribution in [2.24, 2.45) is 0 Å². The van der Waals surface area contributed by atoms with Gasteiger partial charge in [0, 0.05) is 6.16 Å². The van der Waals surface area contributed by atoms with Gasteiger partial charge in [0.1, 0.15) is 5.75 Å². The van der Waals surface area contributed by atoms with E-state index in [0.29, 0.717) is 6.42 Å². The van der Waals surface area contributed by atoms with Crippen molar-refractivity contribution in [2.75, 3.05) is 13.3 Å². The number of rotatable bonds is 14. The van der Waals surface area contributed by atoms with Crippen LogP contribution in [0.5, 0.6) is 5.75 Å². The average Bonchev–Trinajstić information content (AvgIpc) is 2.81. The Morgan fingerprint density at radius 3 is 1.85 bits per heavy atom. The first-order valence-electron chi connectivity index (χ1n) is 12.1. The molecule has 0 aromatic heterocycles. The van der Waals surface area contributed by atoms with Gasteiger partial charge in [0.05, 0.1) is 7.11 Å². The number of methoxy groups -OCH3 is 1. The van der Waals surface area contributed by atoms with Crippen molar-refractivity contribution in [3.63, 3.8) is 0 Å². The summed E-state index contributed by atoms with van der Waals surface area (Å²) in [5.41, 5.74) is 4.10. The van der Waals surface area contributed by atoms with Gasteiger partial charge in [-0.15, -0.1) is 0 Å². The van der Waals surface area contributed by atoms with Crippen molar-refractivity contribution in [2.45, 2.75) is 64.2 Å². The summed E-state index contributed by atoms with van der Waals surface area (Å²) in [7, 11) is -2.15. The van der Waals surface area contributed by atoms with Crippen LogP contribution >= 0.6 is 7.60 Å². The zero-order valence-electron chi connectivity index (χ0n) is 19.7. The number of benzene rings is 3. The molecule has 0 fully saturated rings. The smallest absolute Gasteiger partial charge is 0.325 e. The number of fused-ring (bicyclic) bond motifs is 1. The van der Waals surface area contributed by atoms with Crippen LogP contribution in [0.2, 0.25) is 0 Å². The van der Waals surface area contributed by atoms with E-state index in [4.69, 9.17) is 14.5 Å². The molecule has 0 aliphatic heterocycles. The van der Waals surface area contributed by atoms with Crippen molar-refractivity contribution in [3.05, 3.63) is 77.4 Å². The second-order valence-corrected chi connectivity index (χ2v) is 10.7. The highest BCUT2D eigenvalue weighted by Gasteiger charge is 2.11. The molecule has 33 heavy (non-hydrogen) atoms. The molecule has 178 valence electrons. The fraction of sp³-hybridized carbons (Fsp3) is 0.429. The standard InChI is InChI=1S/C28H37O4P/c1-32-26-16-11-13-23(22-26)12-5-2-3-6-14-24-19-20-25(28-18-9-8-17-27(24)28)15-7-4-10-21-33(29,30)31/h8-9,11,13,16-20,22H,2-7,10,12,14-15,21H2,1H3,(H2,29,30,31). The molecule has 0 radical (unpaired) electrons. The van der Waals surface area contributed by atoms with Crippen LogP contribution in [0.25, 0.3) is 10.8 Å². The third kappa shape index (κ3) is 8.62. The number of ether oxygens (including phenoxy) is 1. The quantitative estimate of drug-likeness (QED) is 0.196. The van der Waals surface area contributed by atoms with Crippen molar-refractivity contribution in [1.29, 1.82) is 0 Å². The van der Waals surface area contributed by atoms with E-state index in [2.05, 4.69) is 54.6 Å². The van der Waals surface area contributed by atoms with E-state index in [-0.39, 0.29) is 6.16 Å². The molecule has 0 bridgehead atoms. The normalized spacial score (nSPS) is 11.7. The van der Waals surface area contributed by atoms with Crippen LogP contribution < -0.4 is 4.74 Å². The van der Waals surface area contributed by atoms with Gasteiger partial charge >= 0.3 is 7.60 Å². The fourth-order valence-electron chi connectivity index (χ4n) is 4.50. The van der Waals surface area contributed by atoms with Crippen LogP contribution in [-0.2, 0) is 23.8 Å². The molecule has 3 rings (SSSR count). The molecule has 3 aromatic carbocycles. The predicted molar refractivity (Wildman–Crippen MR) is 137 cm³/mol. The Morgan fingerprint density at radius 1 is 0.697 bits per heavy atom. The maximum absolute atomic E-state index is 11.0. The summed E-state index contributed by atoms with van der Waals surface area (Å²) in [6, 6.07) is 21.5. The van der Waals surface area contributed by atoms with E-state index in [1.54, 1.807) is 7.11 Å². The third-order valence-corrected chi connectivity index (χ3v) is 7.19. The Kier molecular flexibility index (Phi) is 9.99. The highest BCUT2D eigenvalue weighted by molar-refractivity contribution is 7.51. The first-order valence-corrected chi connectivity index (χ1v) is 13.9. The second-order valence-electron chi connectivity index (χ2n) is 8.89. The molecular formula is C28H37O4P. The lowest BCUT2D eigenvalue weighted by atomic mass is 9.93. The molecular weight excluding hydrogens is 431 g/mol. The van der Waals surface area contributed by atoms with Gasteiger partial charge in [0.25, 0.3) is 0 Å². The largest absolute Gasteiger partial charge is 0.497 e. The first kappa shape index (κ1) is 25.5. The van der Waals surface area contributed by atoms with Gasteiger partial charge in [-0.25, -0.2) is 0 Å². The fourth-order valence-corrected chi connectivity index (χ4v) is 5.13. The molecule has 4 nitrogen and oxygen atoms in total. The van der Waals surface area contributed by atoms with Crippen LogP contribution in [0, 0.1) is 0 Å². The van der Waals surface area contributed by atoms with Gasteiger partial charge in [0.15, 0.2) is 0 Å². The van der Waals surface area contributed by atoms with Crippen LogP contribution in [0.15, 0.2) is 60.7 Å². The summed E-state index contributed by atoms with van der Waals surface area (Å²) in [6.45, 7) is 0. The molecule has 3 aromatic rings. The van der Waals surface area contributed by atoms with E-state index in [9.17, 15) is 4.57 Å². The molecule has 0 heterocycles. The summed E-state index contributed by atoms with van der Waals surface area (Å²) in [5.74, 6) is 0.934. The monoisotopic (exact) mass is 468 g/mol. The van der Waals surface area contributed by atoms with Gasteiger partial charge in [-0.1, -0.05) is 67.8 Å². The van der Waals surface area contributed by atoms with Crippen LogP contribution in [0.3, 0.4) is 0 Å². The average molecular weight is 469 g/mol. The molecule has 0 atom stereocenters. The summed E-state index contributed by atoms with van der Waals surface area (Å²) >= 11 is 0. The molecule has 2 N–H and O–H groups in total. The van der Waals surface area contributed by atoms with Crippen molar-refractivity contribution >= 4 is 18.4 Å². The van der Waals surface area contributed by atoms with Gasteiger partial charge in [0.2, 0.25) is 0 Å². The molecule has 0 unspecified atom stereocenters. The van der Waals surface area contributed by atoms with Gasteiger partial charge in [-0.2, -0.15) is 0 Å². The third-order valence-electron chi connectivity index (χ3n) is 6.30. The van der Waals surface area contributed by atoms with E-state index in [1.807, 2.05) is 6.07 Å². The minimum Gasteiger partial charge on any atom is -0.497 e. The SMILES string of the molecule is COc1cccc(CCCCCCc2ccc(CCCCCP(=O)(O)O)c3ccccc23)c1. The highest BCUT2D eigenvalue weighted by Crippen LogP contribution is 2.35. The summed E-state index contributed by atoms with van der Waals surface area (Å²) in [6.07, 6.45) is 10.4. The zero-order valence-corrected chi connectivity index (χ0v) is 20.6. The van der Waals surface area contributed by atoms with Crippen molar-refractivity contribution < 1.29 is 19.1 Å². The van der Waals surface area contributed by atoms with E-state index < -0.39 is 7.60 Å².